The Bertz CT molecular complexity index is 482. The first kappa shape index (κ1) is 15.2. The summed E-state index contributed by atoms with van der Waals surface area (Å²) in [5, 5.41) is 2.76. The van der Waals surface area contributed by atoms with Crippen LogP contribution in [-0.4, -0.2) is 26.8 Å². The predicted octanol–water partition coefficient (Wildman–Crippen LogP) is 2.30. The second kappa shape index (κ2) is 6.34. The van der Waals surface area contributed by atoms with E-state index < -0.39 is 9.84 Å². The average molecular weight is 269 g/mol. The zero-order valence-electron chi connectivity index (χ0n) is 11.6. The van der Waals surface area contributed by atoms with Gasteiger partial charge in [0.2, 0.25) is 0 Å². The highest BCUT2D eigenvalue weighted by Gasteiger charge is 2.22. The van der Waals surface area contributed by atoms with Crippen LogP contribution in [0, 0.1) is 6.92 Å². The summed E-state index contributed by atoms with van der Waals surface area (Å²) < 4.78 is 24.5. The first-order valence-electron chi connectivity index (χ1n) is 6.29. The van der Waals surface area contributed by atoms with Crippen molar-refractivity contribution in [1.82, 2.24) is 5.32 Å². The molecule has 4 heteroatoms. The van der Waals surface area contributed by atoms with Gasteiger partial charge in [0.25, 0.3) is 0 Å². The second-order valence-corrected chi connectivity index (χ2v) is 7.45. The molecule has 0 radical (unpaired) electrons. The van der Waals surface area contributed by atoms with Crippen LogP contribution in [0.4, 0.5) is 0 Å². The van der Waals surface area contributed by atoms with Crippen molar-refractivity contribution in [3.8, 4) is 0 Å². The number of benzene rings is 1. The van der Waals surface area contributed by atoms with E-state index in [1.54, 1.807) is 6.92 Å². The average Bonchev–Trinajstić information content (AvgIpc) is 2.28. The normalized spacial score (nSPS) is 15.3. The van der Waals surface area contributed by atoms with Gasteiger partial charge < -0.3 is 5.32 Å². The number of nitrogens with one attached hydrogen (secondary N) is 1. The molecule has 0 aliphatic carbocycles. The van der Waals surface area contributed by atoms with Gasteiger partial charge in [0.15, 0.2) is 9.84 Å². The fourth-order valence-corrected chi connectivity index (χ4v) is 3.45. The van der Waals surface area contributed by atoms with Gasteiger partial charge in [-0.2, -0.15) is 0 Å². The highest BCUT2D eigenvalue weighted by atomic mass is 32.2. The van der Waals surface area contributed by atoms with Gasteiger partial charge in [-0.3, -0.25) is 0 Å². The van der Waals surface area contributed by atoms with Crippen molar-refractivity contribution < 1.29 is 8.42 Å². The van der Waals surface area contributed by atoms with Crippen molar-refractivity contribution in [2.75, 3.05) is 7.05 Å². The summed E-state index contributed by atoms with van der Waals surface area (Å²) in [6, 6.07) is 7.90. The van der Waals surface area contributed by atoms with E-state index in [0.29, 0.717) is 6.42 Å². The van der Waals surface area contributed by atoms with E-state index in [0.717, 1.165) is 11.1 Å². The lowest BCUT2D eigenvalue weighted by atomic mass is 10.2. The van der Waals surface area contributed by atoms with Gasteiger partial charge >= 0.3 is 0 Å². The molecular formula is C14H23NO2S. The van der Waals surface area contributed by atoms with Crippen LogP contribution in [0.5, 0.6) is 0 Å². The lowest BCUT2D eigenvalue weighted by Crippen LogP contribution is -2.30. The van der Waals surface area contributed by atoms with Gasteiger partial charge in [0.1, 0.15) is 0 Å². The van der Waals surface area contributed by atoms with Crippen LogP contribution >= 0.6 is 0 Å². The minimum Gasteiger partial charge on any atom is -0.317 e. The Labute approximate surface area is 111 Å². The molecule has 1 aromatic carbocycles. The van der Waals surface area contributed by atoms with Crippen molar-refractivity contribution in [3.63, 3.8) is 0 Å². The Balaban J connectivity index is 2.75. The first-order valence-corrected chi connectivity index (χ1v) is 8.01. The molecule has 2 atom stereocenters. The molecule has 0 aromatic heterocycles. The van der Waals surface area contributed by atoms with Crippen LogP contribution < -0.4 is 5.32 Å². The molecule has 0 aliphatic rings. The van der Waals surface area contributed by atoms with E-state index in [1.165, 1.54) is 0 Å². The Morgan fingerprint density at radius 3 is 2.50 bits per heavy atom. The molecule has 18 heavy (non-hydrogen) atoms. The summed E-state index contributed by atoms with van der Waals surface area (Å²) in [5.74, 6) is 0.131. The molecule has 1 aromatic rings. The number of sulfone groups is 1. The lowest BCUT2D eigenvalue weighted by Gasteiger charge is -2.17. The van der Waals surface area contributed by atoms with Crippen LogP contribution in [0.2, 0.25) is 0 Å². The van der Waals surface area contributed by atoms with Gasteiger partial charge in [-0.1, -0.05) is 29.8 Å². The Kier molecular flexibility index (Phi) is 5.35. The fraction of sp³-hybridized carbons (Fsp3) is 0.571. The summed E-state index contributed by atoms with van der Waals surface area (Å²) in [7, 11) is -1.22. The highest BCUT2D eigenvalue weighted by molar-refractivity contribution is 7.91. The maximum absolute atomic E-state index is 12.2. The SMILES string of the molecule is CNC(C)CC(C)S(=O)(=O)Cc1cccc(C)c1. The molecule has 102 valence electrons. The molecule has 0 fully saturated rings. The minimum absolute atomic E-state index is 0.131. The monoisotopic (exact) mass is 269 g/mol. The summed E-state index contributed by atoms with van der Waals surface area (Å²) >= 11 is 0. The van der Waals surface area contributed by atoms with Gasteiger partial charge in [-0.25, -0.2) is 8.42 Å². The van der Waals surface area contributed by atoms with Crippen molar-refractivity contribution in [3.05, 3.63) is 35.4 Å². The molecule has 1 rings (SSSR count). The predicted molar refractivity (Wildman–Crippen MR) is 76.4 cm³/mol. The number of hydrogen-bond acceptors (Lipinski definition) is 3. The molecule has 0 heterocycles. The molecule has 0 saturated heterocycles. The zero-order valence-corrected chi connectivity index (χ0v) is 12.4. The molecule has 0 aliphatic heterocycles. The van der Waals surface area contributed by atoms with E-state index in [2.05, 4.69) is 5.32 Å². The Morgan fingerprint density at radius 2 is 1.94 bits per heavy atom. The van der Waals surface area contributed by atoms with Crippen LogP contribution in [0.25, 0.3) is 0 Å². The molecule has 0 saturated carbocycles. The molecule has 0 spiro atoms. The molecule has 2 unspecified atom stereocenters. The van der Waals surface area contributed by atoms with E-state index in [1.807, 2.05) is 45.2 Å². The Morgan fingerprint density at radius 1 is 1.28 bits per heavy atom. The fourth-order valence-electron chi connectivity index (χ4n) is 1.94. The molecule has 0 bridgehead atoms. The molecule has 1 N–H and O–H groups in total. The van der Waals surface area contributed by atoms with Crippen LogP contribution in [0.15, 0.2) is 24.3 Å². The number of hydrogen-bond donors (Lipinski definition) is 1. The van der Waals surface area contributed by atoms with E-state index in [9.17, 15) is 8.42 Å². The molecule has 3 nitrogen and oxygen atoms in total. The molecule has 0 amide bonds. The van der Waals surface area contributed by atoms with E-state index in [-0.39, 0.29) is 17.0 Å². The van der Waals surface area contributed by atoms with Gasteiger partial charge in [0, 0.05) is 6.04 Å². The maximum Gasteiger partial charge on any atom is 0.157 e. The van der Waals surface area contributed by atoms with Gasteiger partial charge in [-0.05, 0) is 39.8 Å². The summed E-state index contributed by atoms with van der Waals surface area (Å²) in [6.45, 7) is 5.76. The second-order valence-electron chi connectivity index (χ2n) is 5.03. The standard InChI is InChI=1S/C14H23NO2S/c1-11-6-5-7-14(8-11)10-18(16,17)13(3)9-12(2)15-4/h5-8,12-13,15H,9-10H2,1-4H3. The third-order valence-electron chi connectivity index (χ3n) is 3.24. The largest absolute Gasteiger partial charge is 0.317 e. The third kappa shape index (κ3) is 4.42. The van der Waals surface area contributed by atoms with Crippen LogP contribution in [0.3, 0.4) is 0 Å². The number of rotatable bonds is 6. The van der Waals surface area contributed by atoms with E-state index >= 15 is 0 Å². The van der Waals surface area contributed by atoms with Crippen molar-refractivity contribution >= 4 is 9.84 Å². The third-order valence-corrected chi connectivity index (χ3v) is 5.40. The van der Waals surface area contributed by atoms with Crippen LogP contribution in [0.1, 0.15) is 31.4 Å². The van der Waals surface area contributed by atoms with Crippen molar-refractivity contribution in [1.29, 1.82) is 0 Å². The Hall–Kier alpha value is -0.870. The van der Waals surface area contributed by atoms with Crippen molar-refractivity contribution in [2.24, 2.45) is 0 Å². The van der Waals surface area contributed by atoms with Crippen molar-refractivity contribution in [2.45, 2.75) is 44.2 Å². The highest BCUT2D eigenvalue weighted by Crippen LogP contribution is 2.16. The quantitative estimate of drug-likeness (QED) is 0.862. The smallest absolute Gasteiger partial charge is 0.157 e. The topological polar surface area (TPSA) is 46.2 Å². The van der Waals surface area contributed by atoms with Gasteiger partial charge in [0.05, 0.1) is 11.0 Å². The summed E-state index contributed by atoms with van der Waals surface area (Å²) in [5.41, 5.74) is 1.97. The number of aryl methyl sites for hydroxylation is 1. The van der Waals surface area contributed by atoms with Crippen LogP contribution in [-0.2, 0) is 15.6 Å². The lowest BCUT2D eigenvalue weighted by molar-refractivity contribution is 0.530. The first-order chi connectivity index (χ1) is 8.35. The zero-order chi connectivity index (χ0) is 13.8. The summed E-state index contributed by atoms with van der Waals surface area (Å²) in [6.07, 6.45) is 0.644. The van der Waals surface area contributed by atoms with Gasteiger partial charge in [-0.15, -0.1) is 0 Å². The summed E-state index contributed by atoms with van der Waals surface area (Å²) in [4.78, 5) is 0. The van der Waals surface area contributed by atoms with E-state index in [4.69, 9.17) is 0 Å². The maximum atomic E-state index is 12.2. The molecular weight excluding hydrogens is 246 g/mol. The minimum atomic E-state index is -3.08.